The highest BCUT2D eigenvalue weighted by molar-refractivity contribution is 5.85. The molecule has 1 heterocycles. The molecule has 116 valence electrons. The van der Waals surface area contributed by atoms with E-state index in [4.69, 9.17) is 5.73 Å². The van der Waals surface area contributed by atoms with E-state index < -0.39 is 0 Å². The zero-order chi connectivity index (χ0) is 13.0. The van der Waals surface area contributed by atoms with Crippen LogP contribution < -0.4 is 5.73 Å². The number of amides is 1. The minimum atomic E-state index is -0.330. The van der Waals surface area contributed by atoms with E-state index >= 15 is 0 Å². The number of nitrogens with two attached hydrogens (primary N) is 1. The van der Waals surface area contributed by atoms with Crippen LogP contribution in [-0.2, 0) is 4.79 Å². The first-order chi connectivity index (χ1) is 7.97. The van der Waals surface area contributed by atoms with Crippen LogP contribution in [0.4, 0.5) is 0 Å². The summed E-state index contributed by atoms with van der Waals surface area (Å²) in [4.78, 5) is 16.3. The number of carbonyl (C=O) groups excluding carboxylic acids is 1. The highest BCUT2D eigenvalue weighted by atomic mass is 35.5. The number of likely N-dealkylation sites (tertiary alicyclic amines) is 1. The molecular formula is C13H29Cl2N3O. The van der Waals surface area contributed by atoms with Crippen molar-refractivity contribution in [1.29, 1.82) is 0 Å². The summed E-state index contributed by atoms with van der Waals surface area (Å²) in [7, 11) is 1.90. The number of carbonyl (C=O) groups is 1. The maximum absolute atomic E-state index is 12.0. The van der Waals surface area contributed by atoms with Crippen LogP contribution in [0.1, 0.15) is 40.0 Å². The van der Waals surface area contributed by atoms with Crippen molar-refractivity contribution < 1.29 is 4.79 Å². The van der Waals surface area contributed by atoms with Crippen molar-refractivity contribution in [2.24, 2.45) is 5.73 Å². The number of hydrogen-bond donors (Lipinski definition) is 1. The standard InChI is InChI=1S/C13H27N3O.2ClH/c1-5-12(14)13(17)15(4)11-6-8-16(9-7-11)10(2)3;;/h10-12H,5-9,14H2,1-4H3;2*1H/t12-;;/m0../s1. The van der Waals surface area contributed by atoms with E-state index in [0.29, 0.717) is 18.5 Å². The molecule has 1 saturated heterocycles. The second-order valence-electron chi connectivity index (χ2n) is 5.32. The Balaban J connectivity index is 0. The van der Waals surface area contributed by atoms with E-state index in [1.165, 1.54) is 0 Å². The summed E-state index contributed by atoms with van der Waals surface area (Å²) in [6, 6.07) is 0.646. The van der Waals surface area contributed by atoms with Gasteiger partial charge in [-0.1, -0.05) is 6.92 Å². The van der Waals surface area contributed by atoms with Gasteiger partial charge in [0.05, 0.1) is 6.04 Å². The highest BCUT2D eigenvalue weighted by Gasteiger charge is 2.27. The van der Waals surface area contributed by atoms with Crippen molar-refractivity contribution in [3.63, 3.8) is 0 Å². The summed E-state index contributed by atoms with van der Waals surface area (Å²) in [6.45, 7) is 8.57. The number of halogens is 2. The van der Waals surface area contributed by atoms with Crippen LogP contribution in [0.3, 0.4) is 0 Å². The number of likely N-dealkylation sites (N-methyl/N-ethyl adjacent to an activating group) is 1. The van der Waals surface area contributed by atoms with Crippen LogP contribution in [0.15, 0.2) is 0 Å². The minimum absolute atomic E-state index is 0. The molecule has 0 unspecified atom stereocenters. The predicted octanol–water partition coefficient (Wildman–Crippen LogP) is 1.90. The van der Waals surface area contributed by atoms with Crippen LogP contribution in [-0.4, -0.2) is 54.0 Å². The third kappa shape index (κ3) is 5.86. The van der Waals surface area contributed by atoms with Crippen LogP contribution in [0.2, 0.25) is 0 Å². The lowest BCUT2D eigenvalue weighted by Gasteiger charge is -2.39. The molecule has 1 aliphatic rings. The maximum Gasteiger partial charge on any atom is 0.239 e. The Bertz CT molecular complexity index is 256. The van der Waals surface area contributed by atoms with Gasteiger partial charge in [-0.2, -0.15) is 0 Å². The van der Waals surface area contributed by atoms with Crippen LogP contribution in [0, 0.1) is 0 Å². The van der Waals surface area contributed by atoms with Crippen LogP contribution in [0.5, 0.6) is 0 Å². The first-order valence-electron chi connectivity index (χ1n) is 6.73. The lowest BCUT2D eigenvalue weighted by atomic mass is 10.0. The van der Waals surface area contributed by atoms with Crippen molar-refractivity contribution in [3.05, 3.63) is 0 Å². The molecule has 1 amide bonds. The molecule has 1 rings (SSSR count). The lowest BCUT2D eigenvalue weighted by Crippen LogP contribution is -2.51. The van der Waals surface area contributed by atoms with Crippen molar-refractivity contribution >= 4 is 30.7 Å². The Morgan fingerprint density at radius 3 is 2.16 bits per heavy atom. The van der Waals surface area contributed by atoms with Crippen LogP contribution in [0.25, 0.3) is 0 Å². The van der Waals surface area contributed by atoms with Crippen LogP contribution >= 0.6 is 24.8 Å². The van der Waals surface area contributed by atoms with E-state index in [1.54, 1.807) is 0 Å². The molecular weight excluding hydrogens is 285 g/mol. The van der Waals surface area contributed by atoms with Crippen molar-refractivity contribution in [1.82, 2.24) is 9.80 Å². The van der Waals surface area contributed by atoms with Gasteiger partial charge in [-0.25, -0.2) is 0 Å². The summed E-state index contributed by atoms with van der Waals surface area (Å²) < 4.78 is 0. The number of nitrogens with zero attached hydrogens (tertiary/aromatic N) is 2. The Hall–Kier alpha value is -0.0300. The third-order valence-corrected chi connectivity index (χ3v) is 3.88. The third-order valence-electron chi connectivity index (χ3n) is 3.88. The Labute approximate surface area is 129 Å². The first kappa shape index (κ1) is 21.3. The lowest BCUT2D eigenvalue weighted by molar-refractivity contribution is -0.134. The van der Waals surface area contributed by atoms with Gasteiger partial charge in [0.2, 0.25) is 5.91 Å². The molecule has 0 aromatic rings. The molecule has 1 aliphatic heterocycles. The zero-order valence-electron chi connectivity index (χ0n) is 12.5. The second kappa shape index (κ2) is 9.81. The summed E-state index contributed by atoms with van der Waals surface area (Å²) in [6.07, 6.45) is 2.85. The molecule has 1 fully saturated rings. The van der Waals surface area contributed by atoms with Gasteiger partial charge < -0.3 is 15.5 Å². The average Bonchev–Trinajstić information content (AvgIpc) is 2.36. The Morgan fingerprint density at radius 2 is 1.79 bits per heavy atom. The molecule has 0 aromatic heterocycles. The minimum Gasteiger partial charge on any atom is -0.341 e. The first-order valence-corrected chi connectivity index (χ1v) is 6.73. The van der Waals surface area contributed by atoms with Crippen molar-refractivity contribution in [2.45, 2.75) is 58.2 Å². The molecule has 1 atom stereocenters. The molecule has 0 aromatic carbocycles. The second-order valence-corrected chi connectivity index (χ2v) is 5.32. The molecule has 0 radical (unpaired) electrons. The van der Waals surface area contributed by atoms with Gasteiger partial charge in [-0.3, -0.25) is 4.79 Å². The fraction of sp³-hybridized carbons (Fsp3) is 0.923. The molecule has 6 heteroatoms. The average molecular weight is 314 g/mol. The smallest absolute Gasteiger partial charge is 0.239 e. The summed E-state index contributed by atoms with van der Waals surface area (Å²) in [5.41, 5.74) is 5.80. The quantitative estimate of drug-likeness (QED) is 0.862. The highest BCUT2D eigenvalue weighted by Crippen LogP contribution is 2.17. The van der Waals surface area contributed by atoms with Gasteiger partial charge in [-0.05, 0) is 33.1 Å². The number of piperidine rings is 1. The molecule has 19 heavy (non-hydrogen) atoms. The Kier molecular flexibility index (Phi) is 11.0. The van der Waals surface area contributed by atoms with Gasteiger partial charge in [0.15, 0.2) is 0 Å². The van der Waals surface area contributed by atoms with Gasteiger partial charge in [0.1, 0.15) is 0 Å². The monoisotopic (exact) mass is 313 g/mol. The molecule has 0 saturated carbocycles. The molecule has 4 nitrogen and oxygen atoms in total. The molecule has 0 spiro atoms. The van der Waals surface area contributed by atoms with Gasteiger partial charge >= 0.3 is 0 Å². The van der Waals surface area contributed by atoms with Gasteiger partial charge in [0, 0.05) is 32.2 Å². The fourth-order valence-electron chi connectivity index (χ4n) is 2.41. The van der Waals surface area contributed by atoms with Gasteiger partial charge in [0.25, 0.3) is 0 Å². The van der Waals surface area contributed by atoms with E-state index in [9.17, 15) is 4.79 Å². The van der Waals surface area contributed by atoms with Crippen molar-refractivity contribution in [3.8, 4) is 0 Å². The summed E-state index contributed by atoms with van der Waals surface area (Å²) in [5, 5.41) is 0. The largest absolute Gasteiger partial charge is 0.341 e. The fourth-order valence-corrected chi connectivity index (χ4v) is 2.41. The molecule has 0 aliphatic carbocycles. The van der Waals surface area contributed by atoms with E-state index in [1.807, 2.05) is 18.9 Å². The van der Waals surface area contributed by atoms with Gasteiger partial charge in [-0.15, -0.1) is 24.8 Å². The number of hydrogen-bond acceptors (Lipinski definition) is 3. The molecule has 0 bridgehead atoms. The predicted molar refractivity (Wildman–Crippen MR) is 85.3 cm³/mol. The SMILES string of the molecule is CC[C@H](N)C(=O)N(C)C1CCN(C(C)C)CC1.Cl.Cl. The van der Waals surface area contributed by atoms with Crippen molar-refractivity contribution in [2.75, 3.05) is 20.1 Å². The summed E-state index contributed by atoms with van der Waals surface area (Å²) >= 11 is 0. The number of rotatable bonds is 4. The summed E-state index contributed by atoms with van der Waals surface area (Å²) in [5.74, 6) is 0.0931. The van der Waals surface area contributed by atoms with E-state index in [-0.39, 0.29) is 36.8 Å². The topological polar surface area (TPSA) is 49.6 Å². The van der Waals surface area contributed by atoms with E-state index in [0.717, 1.165) is 25.9 Å². The normalized spacial score (nSPS) is 18.4. The maximum atomic E-state index is 12.0. The molecule has 2 N–H and O–H groups in total. The Morgan fingerprint density at radius 1 is 1.32 bits per heavy atom. The zero-order valence-corrected chi connectivity index (χ0v) is 14.1. The van der Waals surface area contributed by atoms with E-state index in [2.05, 4.69) is 18.7 Å².